The number of anilines is 3. The first-order valence-corrected chi connectivity index (χ1v) is 27.5. The Balaban J connectivity index is 0.000000334. The number of hydrogen-bond acceptors (Lipinski definition) is 20. The van der Waals surface area contributed by atoms with Gasteiger partial charge in [0, 0.05) is 28.2 Å². The molecule has 0 spiro atoms. The Morgan fingerprint density at radius 2 is 0.854 bits per heavy atom. The summed E-state index contributed by atoms with van der Waals surface area (Å²) in [5, 5.41) is 79.1. The van der Waals surface area contributed by atoms with Gasteiger partial charge >= 0.3 is 23.9 Å². The number of aliphatic carboxylic acids is 1. The van der Waals surface area contributed by atoms with Crippen LogP contribution in [-0.2, 0) is 62.7 Å². The summed E-state index contributed by atoms with van der Waals surface area (Å²) in [5.41, 5.74) is 2.37. The third-order valence-electron chi connectivity index (χ3n) is 12.0. The normalized spacial score (nSPS) is 23.3. The quantitative estimate of drug-likeness (QED) is 0.0515. The van der Waals surface area contributed by atoms with Crippen LogP contribution in [0.2, 0.25) is 0 Å². The average Bonchev–Trinajstić information content (AvgIpc) is 3.47. The lowest BCUT2D eigenvalue weighted by Crippen LogP contribution is -2.60. The highest BCUT2D eigenvalue weighted by atomic mass is 16.7. The van der Waals surface area contributed by atoms with Crippen LogP contribution in [0.5, 0.6) is 11.5 Å². The second-order valence-electron chi connectivity index (χ2n) is 27.0. The van der Waals surface area contributed by atoms with E-state index in [2.05, 4.69) is 36.7 Å². The van der Waals surface area contributed by atoms with Gasteiger partial charge in [-0.2, -0.15) is 0 Å². The smallest absolute Gasteiger partial charge is 0.335 e. The first-order valence-electron chi connectivity index (χ1n) is 27.5. The van der Waals surface area contributed by atoms with Crippen molar-refractivity contribution in [3.8, 4) is 11.5 Å². The molecule has 82 heavy (non-hydrogen) atoms. The number of esters is 3. The molecule has 2 heterocycles. The van der Waals surface area contributed by atoms with Crippen molar-refractivity contribution in [1.29, 1.82) is 0 Å². The third-order valence-corrected chi connectivity index (χ3v) is 12.0. The van der Waals surface area contributed by atoms with Crippen molar-refractivity contribution < 1.29 is 88.1 Å². The molecular weight excluding hydrogens is 1060 g/mol. The van der Waals surface area contributed by atoms with Crippen molar-refractivity contribution in [1.82, 2.24) is 0 Å². The molecule has 5 rings (SSSR count). The molecular formula is C61H95N3O18. The van der Waals surface area contributed by atoms with Gasteiger partial charge in [0.1, 0.15) is 61.8 Å². The van der Waals surface area contributed by atoms with Crippen LogP contribution in [0.4, 0.5) is 17.1 Å². The van der Waals surface area contributed by atoms with Crippen LogP contribution in [0, 0.1) is 22.2 Å². The van der Waals surface area contributed by atoms with Crippen LogP contribution in [0.25, 0.3) is 0 Å². The van der Waals surface area contributed by atoms with Gasteiger partial charge in [0.15, 0.2) is 6.10 Å². The Bertz CT molecular complexity index is 2550. The molecule has 462 valence electrons. The maximum Gasteiger partial charge on any atom is 0.335 e. The number of aliphatic hydroxyl groups excluding tert-OH is 6. The van der Waals surface area contributed by atoms with Crippen LogP contribution >= 0.6 is 0 Å². The molecule has 10 atom stereocenters. The standard InChI is InChI=1S/C23H35NO8.C22H35NO8.C16H25NO2/c1-12-16(25)17(26)18(19(27)28)32-20(12)31-15-9-8-13(10-14(15)24-23(5,6)7)11-30-21(29)22(2,3)4;1-21(2,3)20(28)29-11-12-7-8-14(13(9-12)23-22(4,5)6)30-19-18(27)17(26)16(25)15(10-24)31-19;1-15(2,3)14(18)19-11-12-7-9-13(10-8-12)17-16(4,5)6/h8-10,12,16-18,20,24-26H,11H2,1-7H3,(H,27,28);7-9,15-19,23-27H,10-11H2,1-6H3;7-10,17H,11H2,1-6H3. The Kier molecular flexibility index (Phi) is 24.6. The van der Waals surface area contributed by atoms with Gasteiger partial charge < -0.3 is 84.9 Å². The van der Waals surface area contributed by atoms with E-state index in [4.69, 9.17) is 33.2 Å². The SMILES string of the molecule is CC(C)(C)Nc1cc(COC(=O)C(C)(C)C)ccc1OC1OC(CO)C(O)C(O)C1O.CC(C)(C)Nc1ccc(COC(=O)C(C)(C)C)cc1.CC1C(Oc2ccc(COC(=O)C(C)(C)C)cc2NC(C)(C)C)OC(C(=O)O)C(O)C1O. The van der Waals surface area contributed by atoms with Crippen molar-refractivity contribution in [2.24, 2.45) is 22.2 Å². The highest BCUT2D eigenvalue weighted by Gasteiger charge is 2.47. The number of rotatable bonds is 15. The molecule has 21 heteroatoms. The van der Waals surface area contributed by atoms with Gasteiger partial charge in [0.05, 0.1) is 40.3 Å². The van der Waals surface area contributed by atoms with Gasteiger partial charge in [0.25, 0.3) is 0 Å². The van der Waals surface area contributed by atoms with Crippen LogP contribution in [0.1, 0.15) is 148 Å². The summed E-state index contributed by atoms with van der Waals surface area (Å²) in [6, 6.07) is 18.2. The lowest BCUT2D eigenvalue weighted by Gasteiger charge is -2.40. The van der Waals surface area contributed by atoms with Gasteiger partial charge in [-0.3, -0.25) is 14.4 Å². The summed E-state index contributed by atoms with van der Waals surface area (Å²) < 4.78 is 38.7. The number of carbonyl (C=O) groups is 4. The first kappa shape index (κ1) is 70.5. The lowest BCUT2D eigenvalue weighted by molar-refractivity contribution is -0.277. The average molecular weight is 1160 g/mol. The Morgan fingerprint density at radius 1 is 0.476 bits per heavy atom. The molecule has 10 N–H and O–H groups in total. The van der Waals surface area contributed by atoms with Gasteiger partial charge in [-0.25, -0.2) is 4.79 Å². The second-order valence-corrected chi connectivity index (χ2v) is 27.0. The number of carboxylic acid groups (broad SMARTS) is 1. The molecule has 2 aliphatic heterocycles. The molecule has 21 nitrogen and oxygen atoms in total. The van der Waals surface area contributed by atoms with E-state index in [0.717, 1.165) is 22.4 Å². The van der Waals surface area contributed by atoms with E-state index in [1.54, 1.807) is 84.9 Å². The van der Waals surface area contributed by atoms with Crippen molar-refractivity contribution in [2.75, 3.05) is 22.6 Å². The number of nitrogens with one attached hydrogen (secondary N) is 3. The third kappa shape index (κ3) is 22.8. The number of ether oxygens (including phenoxy) is 7. The highest BCUT2D eigenvalue weighted by molar-refractivity contribution is 5.76. The zero-order valence-corrected chi connectivity index (χ0v) is 51.5. The van der Waals surface area contributed by atoms with E-state index in [0.29, 0.717) is 29.5 Å². The Morgan fingerprint density at radius 3 is 1.22 bits per heavy atom. The Labute approximate surface area is 484 Å². The summed E-state index contributed by atoms with van der Waals surface area (Å²) in [5.74, 6) is -2.19. The van der Waals surface area contributed by atoms with Gasteiger partial charge in [0.2, 0.25) is 12.6 Å². The maximum absolute atomic E-state index is 12.1. The zero-order valence-electron chi connectivity index (χ0n) is 51.5. The minimum Gasteiger partial charge on any atom is -0.479 e. The number of carboxylic acids is 1. The largest absolute Gasteiger partial charge is 0.479 e. The van der Waals surface area contributed by atoms with Crippen molar-refractivity contribution in [2.45, 2.75) is 223 Å². The van der Waals surface area contributed by atoms with Crippen molar-refractivity contribution in [3.05, 3.63) is 77.4 Å². The maximum atomic E-state index is 12.1. The first-order chi connectivity index (χ1) is 37.4. The Hall–Kier alpha value is -5.78. The monoisotopic (exact) mass is 1160 g/mol. The van der Waals surface area contributed by atoms with Crippen LogP contribution in [0.3, 0.4) is 0 Å². The summed E-state index contributed by atoms with van der Waals surface area (Å²) in [6.07, 6.45) is -12.5. The second kappa shape index (κ2) is 28.7. The molecule has 0 aromatic heterocycles. The minimum atomic E-state index is -1.61. The van der Waals surface area contributed by atoms with E-state index in [1.165, 1.54) is 0 Å². The fourth-order valence-corrected chi connectivity index (χ4v) is 7.51. The molecule has 3 aromatic carbocycles. The molecule has 0 radical (unpaired) electrons. The molecule has 2 aliphatic rings. The predicted molar refractivity (Wildman–Crippen MR) is 310 cm³/mol. The predicted octanol–water partition coefficient (Wildman–Crippen LogP) is 7.68. The van der Waals surface area contributed by atoms with Crippen LogP contribution in [-0.4, -0.2) is 138 Å². The van der Waals surface area contributed by atoms with Crippen molar-refractivity contribution in [3.63, 3.8) is 0 Å². The van der Waals surface area contributed by atoms with E-state index >= 15 is 0 Å². The molecule has 2 fully saturated rings. The zero-order chi connectivity index (χ0) is 62.7. The van der Waals surface area contributed by atoms with Gasteiger partial charge in [-0.15, -0.1) is 0 Å². The van der Waals surface area contributed by atoms with Gasteiger partial charge in [-0.1, -0.05) is 31.2 Å². The van der Waals surface area contributed by atoms with E-state index < -0.39 is 90.0 Å². The number of hydrogen-bond donors (Lipinski definition) is 10. The topological polar surface area (TPSA) is 311 Å². The van der Waals surface area contributed by atoms with Gasteiger partial charge in [-0.05, 0) is 178 Å². The summed E-state index contributed by atoms with van der Waals surface area (Å²) in [6.45, 7) is 35.9. The van der Waals surface area contributed by atoms with Crippen LogP contribution in [0.15, 0.2) is 60.7 Å². The van der Waals surface area contributed by atoms with E-state index in [1.807, 2.05) is 86.6 Å². The number of carbonyl (C=O) groups excluding carboxylic acids is 3. The molecule has 0 aliphatic carbocycles. The number of benzene rings is 3. The molecule has 10 unspecified atom stereocenters. The van der Waals surface area contributed by atoms with E-state index in [9.17, 15) is 54.9 Å². The molecule has 0 bridgehead atoms. The molecule has 2 saturated heterocycles. The fraction of sp³-hybridized carbons (Fsp3) is 0.639. The van der Waals surface area contributed by atoms with Crippen molar-refractivity contribution >= 4 is 40.9 Å². The summed E-state index contributed by atoms with van der Waals surface area (Å²) in [4.78, 5) is 47.2. The van der Waals surface area contributed by atoms with Crippen LogP contribution < -0.4 is 25.4 Å². The number of aliphatic hydroxyl groups is 6. The molecule has 0 amide bonds. The molecule has 3 aromatic rings. The highest BCUT2D eigenvalue weighted by Crippen LogP contribution is 2.36. The minimum absolute atomic E-state index is 0.0419. The molecule has 0 saturated carbocycles. The fourth-order valence-electron chi connectivity index (χ4n) is 7.51. The summed E-state index contributed by atoms with van der Waals surface area (Å²) >= 11 is 0. The van der Waals surface area contributed by atoms with E-state index in [-0.39, 0.29) is 47.7 Å². The summed E-state index contributed by atoms with van der Waals surface area (Å²) in [7, 11) is 0. The lowest BCUT2D eigenvalue weighted by atomic mass is 9.92.